The first kappa shape index (κ1) is 9.91. The van der Waals surface area contributed by atoms with E-state index < -0.39 is 10.1 Å². The summed E-state index contributed by atoms with van der Waals surface area (Å²) in [7, 11) is -3.31. The van der Waals surface area contributed by atoms with E-state index in [1.807, 2.05) is 20.8 Å². The van der Waals surface area contributed by atoms with Crippen LogP contribution in [-0.2, 0) is 14.3 Å². The topological polar surface area (TPSA) is 43.4 Å². The van der Waals surface area contributed by atoms with Gasteiger partial charge in [-0.1, -0.05) is 20.8 Å². The fourth-order valence-corrected chi connectivity index (χ4v) is 0.695. The highest BCUT2D eigenvalue weighted by Crippen LogP contribution is 2.18. The van der Waals surface area contributed by atoms with Crippen molar-refractivity contribution in [2.24, 2.45) is 5.41 Å². The molecular formula is C6H13O3S. The van der Waals surface area contributed by atoms with Gasteiger partial charge in [0.05, 0.1) is 6.26 Å². The molecule has 0 aromatic rings. The zero-order valence-corrected chi connectivity index (χ0v) is 7.53. The minimum Gasteiger partial charge on any atom is -0.264 e. The molecule has 0 spiro atoms. The Morgan fingerprint density at radius 3 is 1.80 bits per heavy atom. The minimum absolute atomic E-state index is 0.219. The van der Waals surface area contributed by atoms with Crippen molar-refractivity contribution in [1.29, 1.82) is 0 Å². The Balaban J connectivity index is 3.79. The fraction of sp³-hybridized carbons (Fsp3) is 0.833. The van der Waals surface area contributed by atoms with Crippen LogP contribution >= 0.6 is 0 Å². The molecule has 0 saturated carbocycles. The molecule has 0 aliphatic carbocycles. The minimum atomic E-state index is -3.31. The van der Waals surface area contributed by atoms with E-state index >= 15 is 0 Å². The van der Waals surface area contributed by atoms with E-state index in [9.17, 15) is 8.42 Å². The average molecular weight is 165 g/mol. The zero-order chi connectivity index (χ0) is 8.41. The van der Waals surface area contributed by atoms with Crippen molar-refractivity contribution in [2.75, 3.05) is 6.26 Å². The van der Waals surface area contributed by atoms with Crippen LogP contribution in [0.15, 0.2) is 0 Å². The molecule has 0 rings (SSSR count). The highest BCUT2D eigenvalue weighted by atomic mass is 32.2. The van der Waals surface area contributed by atoms with Gasteiger partial charge in [0.2, 0.25) is 0 Å². The first-order valence-electron chi connectivity index (χ1n) is 2.93. The van der Waals surface area contributed by atoms with Crippen molar-refractivity contribution in [3.63, 3.8) is 0 Å². The lowest BCUT2D eigenvalue weighted by Crippen LogP contribution is -2.11. The molecule has 3 nitrogen and oxygen atoms in total. The zero-order valence-electron chi connectivity index (χ0n) is 6.71. The Bertz CT molecular complexity index is 186. The molecule has 10 heavy (non-hydrogen) atoms. The Labute approximate surface area is 62.5 Å². The molecule has 0 atom stereocenters. The molecule has 0 heterocycles. The summed E-state index contributed by atoms with van der Waals surface area (Å²) in [6, 6.07) is 0. The largest absolute Gasteiger partial charge is 0.264 e. The highest BCUT2D eigenvalue weighted by molar-refractivity contribution is 7.86. The van der Waals surface area contributed by atoms with Crippen molar-refractivity contribution >= 4 is 10.1 Å². The van der Waals surface area contributed by atoms with Crippen LogP contribution in [0.1, 0.15) is 20.8 Å². The predicted octanol–water partition coefficient (Wildman–Crippen LogP) is 1.17. The van der Waals surface area contributed by atoms with Crippen LogP contribution in [0, 0.1) is 12.0 Å². The van der Waals surface area contributed by atoms with E-state index in [1.54, 1.807) is 0 Å². The van der Waals surface area contributed by atoms with Crippen molar-refractivity contribution in [3.05, 3.63) is 6.61 Å². The normalized spacial score (nSPS) is 13.6. The Morgan fingerprint density at radius 1 is 1.30 bits per heavy atom. The molecule has 0 unspecified atom stereocenters. The lowest BCUT2D eigenvalue weighted by Gasteiger charge is -2.15. The third-order valence-corrected chi connectivity index (χ3v) is 1.02. The molecule has 0 aromatic heterocycles. The summed E-state index contributed by atoms with van der Waals surface area (Å²) in [6.07, 6.45) is 1.02. The van der Waals surface area contributed by atoms with Gasteiger partial charge in [-0.15, -0.1) is 0 Å². The van der Waals surface area contributed by atoms with Crippen LogP contribution in [0.4, 0.5) is 0 Å². The predicted molar refractivity (Wildman–Crippen MR) is 39.7 cm³/mol. The van der Waals surface area contributed by atoms with Crippen LogP contribution in [0.3, 0.4) is 0 Å². The Kier molecular flexibility index (Phi) is 2.86. The van der Waals surface area contributed by atoms with E-state index in [0.717, 1.165) is 6.26 Å². The van der Waals surface area contributed by atoms with Gasteiger partial charge in [0.25, 0.3) is 10.1 Å². The molecular weight excluding hydrogens is 152 g/mol. The molecule has 0 bridgehead atoms. The summed E-state index contributed by atoms with van der Waals surface area (Å²) in [5.41, 5.74) is -0.219. The highest BCUT2D eigenvalue weighted by Gasteiger charge is 2.14. The lowest BCUT2D eigenvalue weighted by atomic mass is 9.99. The number of hydrogen-bond acceptors (Lipinski definition) is 3. The molecule has 0 aromatic carbocycles. The monoisotopic (exact) mass is 165 g/mol. The van der Waals surface area contributed by atoms with Gasteiger partial charge in [-0.05, 0) is 5.41 Å². The molecule has 1 radical (unpaired) electrons. The molecule has 61 valence electrons. The van der Waals surface area contributed by atoms with Gasteiger partial charge in [-0.25, -0.2) is 0 Å². The Morgan fingerprint density at radius 2 is 1.70 bits per heavy atom. The average Bonchev–Trinajstić information content (AvgIpc) is 1.57. The van der Waals surface area contributed by atoms with E-state index in [-0.39, 0.29) is 5.41 Å². The smallest absolute Gasteiger partial charge is 0.264 e. The molecule has 0 aliphatic heterocycles. The van der Waals surface area contributed by atoms with Crippen LogP contribution in [0.2, 0.25) is 0 Å². The van der Waals surface area contributed by atoms with E-state index in [2.05, 4.69) is 4.18 Å². The van der Waals surface area contributed by atoms with Gasteiger partial charge in [-0.3, -0.25) is 4.18 Å². The second-order valence-corrected chi connectivity index (χ2v) is 4.88. The van der Waals surface area contributed by atoms with E-state index in [1.165, 1.54) is 6.61 Å². The van der Waals surface area contributed by atoms with Crippen LogP contribution in [0.25, 0.3) is 0 Å². The maximum atomic E-state index is 10.4. The molecule has 0 aliphatic rings. The summed E-state index contributed by atoms with van der Waals surface area (Å²) in [5, 5.41) is 0. The van der Waals surface area contributed by atoms with Gasteiger partial charge < -0.3 is 0 Å². The molecule has 4 heteroatoms. The summed E-state index contributed by atoms with van der Waals surface area (Å²) in [6.45, 7) is 6.89. The third-order valence-electron chi connectivity index (χ3n) is 0.576. The van der Waals surface area contributed by atoms with Crippen molar-refractivity contribution in [2.45, 2.75) is 20.8 Å². The van der Waals surface area contributed by atoms with Crippen LogP contribution < -0.4 is 0 Å². The van der Waals surface area contributed by atoms with Crippen molar-refractivity contribution in [3.8, 4) is 0 Å². The van der Waals surface area contributed by atoms with Gasteiger partial charge in [0, 0.05) is 0 Å². The maximum Gasteiger partial charge on any atom is 0.264 e. The summed E-state index contributed by atoms with van der Waals surface area (Å²) in [4.78, 5) is 0. The summed E-state index contributed by atoms with van der Waals surface area (Å²) >= 11 is 0. The first-order chi connectivity index (χ1) is 4.21. The summed E-state index contributed by atoms with van der Waals surface area (Å²) in [5.74, 6) is 0. The van der Waals surface area contributed by atoms with Gasteiger partial charge in [0.1, 0.15) is 6.61 Å². The SMILES string of the molecule is CC(C)(C)[CH]OS(C)(=O)=O. The van der Waals surface area contributed by atoms with Gasteiger partial charge in [0.15, 0.2) is 0 Å². The second kappa shape index (κ2) is 2.88. The fourth-order valence-electron chi connectivity index (χ4n) is 0.232. The van der Waals surface area contributed by atoms with E-state index in [4.69, 9.17) is 0 Å². The van der Waals surface area contributed by atoms with Crippen LogP contribution in [0.5, 0.6) is 0 Å². The molecule has 0 fully saturated rings. The molecule has 0 amide bonds. The lowest BCUT2D eigenvalue weighted by molar-refractivity contribution is 0.285. The first-order valence-corrected chi connectivity index (χ1v) is 4.75. The van der Waals surface area contributed by atoms with Crippen LogP contribution in [-0.4, -0.2) is 14.7 Å². The maximum absolute atomic E-state index is 10.4. The third kappa shape index (κ3) is 7.91. The Hall–Kier alpha value is -0.0900. The van der Waals surface area contributed by atoms with Crippen molar-refractivity contribution in [1.82, 2.24) is 0 Å². The number of hydrogen-bond donors (Lipinski definition) is 0. The van der Waals surface area contributed by atoms with Crippen molar-refractivity contribution < 1.29 is 12.6 Å². The summed E-state index contributed by atoms with van der Waals surface area (Å²) < 4.78 is 25.3. The second-order valence-electron chi connectivity index (χ2n) is 3.28. The van der Waals surface area contributed by atoms with Gasteiger partial charge in [-0.2, -0.15) is 8.42 Å². The standard InChI is InChI=1S/C6H13O3S/c1-6(2,3)5-9-10(4,7)8/h5H,1-4H3. The number of rotatable bonds is 2. The molecule has 0 N–H and O–H groups in total. The van der Waals surface area contributed by atoms with Gasteiger partial charge >= 0.3 is 0 Å². The molecule has 0 saturated heterocycles. The van der Waals surface area contributed by atoms with E-state index in [0.29, 0.717) is 0 Å². The quantitative estimate of drug-likeness (QED) is 0.577.